The van der Waals surface area contributed by atoms with Gasteiger partial charge in [0.2, 0.25) is 0 Å². The number of alkyl halides is 3. The third-order valence-electron chi connectivity index (χ3n) is 3.32. The summed E-state index contributed by atoms with van der Waals surface area (Å²) in [7, 11) is 1.65. The van der Waals surface area contributed by atoms with Crippen LogP contribution in [0.15, 0.2) is 18.2 Å². The van der Waals surface area contributed by atoms with E-state index in [9.17, 15) is 17.6 Å². The number of hydrogen-bond acceptors (Lipinski definition) is 1. The standard InChI is InChI=1S/C13H15F4N/c1-18-11(7-8-5-6-8)9-3-2-4-10(12(9)14)13(15,16)17/h2-4,8,11,18H,5-7H2,1H3. The second-order valence-electron chi connectivity index (χ2n) is 4.73. The Kier molecular flexibility index (Phi) is 3.61. The molecule has 1 aromatic carbocycles. The Morgan fingerprint density at radius 1 is 1.33 bits per heavy atom. The molecule has 100 valence electrons. The van der Waals surface area contributed by atoms with Gasteiger partial charge in [0.25, 0.3) is 0 Å². The van der Waals surface area contributed by atoms with E-state index in [1.807, 2.05) is 0 Å². The average molecular weight is 261 g/mol. The number of hydrogen-bond donors (Lipinski definition) is 1. The van der Waals surface area contributed by atoms with E-state index in [0.29, 0.717) is 12.3 Å². The Morgan fingerprint density at radius 2 is 2.00 bits per heavy atom. The van der Waals surface area contributed by atoms with Crippen molar-refractivity contribution in [2.45, 2.75) is 31.5 Å². The molecule has 2 rings (SSSR count). The monoisotopic (exact) mass is 261 g/mol. The Labute approximate surface area is 103 Å². The third kappa shape index (κ3) is 2.83. The van der Waals surface area contributed by atoms with Crippen LogP contribution in [0.25, 0.3) is 0 Å². The summed E-state index contributed by atoms with van der Waals surface area (Å²) in [6, 6.07) is 3.12. The molecule has 1 atom stereocenters. The van der Waals surface area contributed by atoms with E-state index < -0.39 is 17.6 Å². The van der Waals surface area contributed by atoms with E-state index in [1.165, 1.54) is 12.1 Å². The molecule has 1 aliphatic rings. The van der Waals surface area contributed by atoms with Crippen molar-refractivity contribution < 1.29 is 17.6 Å². The Balaban J connectivity index is 2.31. The topological polar surface area (TPSA) is 12.0 Å². The van der Waals surface area contributed by atoms with E-state index in [-0.39, 0.29) is 11.6 Å². The second kappa shape index (κ2) is 4.88. The first-order valence-corrected chi connectivity index (χ1v) is 5.96. The normalized spacial score (nSPS) is 17.8. The lowest BCUT2D eigenvalue weighted by molar-refractivity contribution is -0.140. The zero-order valence-electron chi connectivity index (χ0n) is 10.0. The lowest BCUT2D eigenvalue weighted by Gasteiger charge is -2.19. The smallest absolute Gasteiger partial charge is 0.313 e. The van der Waals surface area contributed by atoms with Crippen molar-refractivity contribution in [3.8, 4) is 0 Å². The summed E-state index contributed by atoms with van der Waals surface area (Å²) >= 11 is 0. The van der Waals surface area contributed by atoms with Gasteiger partial charge in [0.05, 0.1) is 5.56 Å². The molecule has 5 heteroatoms. The van der Waals surface area contributed by atoms with Gasteiger partial charge in [-0.3, -0.25) is 0 Å². The average Bonchev–Trinajstić information content (AvgIpc) is 3.09. The van der Waals surface area contributed by atoms with Crippen LogP contribution in [0.4, 0.5) is 17.6 Å². The minimum atomic E-state index is -4.64. The van der Waals surface area contributed by atoms with Gasteiger partial charge in [0, 0.05) is 11.6 Å². The zero-order chi connectivity index (χ0) is 13.3. The predicted molar refractivity (Wildman–Crippen MR) is 60.5 cm³/mol. The van der Waals surface area contributed by atoms with Crippen LogP contribution >= 0.6 is 0 Å². The minimum absolute atomic E-state index is 0.110. The molecule has 1 unspecified atom stereocenters. The van der Waals surface area contributed by atoms with Crippen LogP contribution in [0.5, 0.6) is 0 Å². The molecule has 0 heterocycles. The highest BCUT2D eigenvalue weighted by atomic mass is 19.4. The van der Waals surface area contributed by atoms with Gasteiger partial charge < -0.3 is 5.32 Å². The Morgan fingerprint density at radius 3 is 2.50 bits per heavy atom. The molecule has 1 N–H and O–H groups in total. The molecule has 18 heavy (non-hydrogen) atoms. The minimum Gasteiger partial charge on any atom is -0.313 e. The van der Waals surface area contributed by atoms with Crippen molar-refractivity contribution in [3.63, 3.8) is 0 Å². The molecule has 0 aliphatic heterocycles. The number of nitrogens with one attached hydrogen (secondary N) is 1. The summed E-state index contributed by atoms with van der Waals surface area (Å²) < 4.78 is 51.7. The first-order valence-electron chi connectivity index (χ1n) is 5.96. The van der Waals surface area contributed by atoms with E-state index in [0.717, 1.165) is 18.9 Å². The van der Waals surface area contributed by atoms with Gasteiger partial charge in [-0.1, -0.05) is 25.0 Å². The second-order valence-corrected chi connectivity index (χ2v) is 4.73. The van der Waals surface area contributed by atoms with Gasteiger partial charge in [-0.05, 0) is 25.5 Å². The summed E-state index contributed by atoms with van der Waals surface area (Å²) in [5, 5.41) is 2.90. The summed E-state index contributed by atoms with van der Waals surface area (Å²) in [6.45, 7) is 0. The lowest BCUT2D eigenvalue weighted by atomic mass is 9.98. The van der Waals surface area contributed by atoms with Crippen molar-refractivity contribution in [2.75, 3.05) is 7.05 Å². The fraction of sp³-hybridized carbons (Fsp3) is 0.538. The van der Waals surface area contributed by atoms with Gasteiger partial charge in [-0.2, -0.15) is 13.2 Å². The van der Waals surface area contributed by atoms with Crippen LogP contribution in [0, 0.1) is 11.7 Å². The summed E-state index contributed by atoms with van der Waals surface area (Å²) in [5.74, 6) is -0.638. The highest BCUT2D eigenvalue weighted by molar-refractivity contribution is 5.30. The third-order valence-corrected chi connectivity index (χ3v) is 3.32. The Bertz CT molecular complexity index is 423. The molecule has 0 aromatic heterocycles. The van der Waals surface area contributed by atoms with E-state index in [4.69, 9.17) is 0 Å². The molecule has 0 saturated heterocycles. The lowest BCUT2D eigenvalue weighted by Crippen LogP contribution is -2.20. The highest BCUT2D eigenvalue weighted by Gasteiger charge is 2.36. The van der Waals surface area contributed by atoms with Crippen molar-refractivity contribution in [2.24, 2.45) is 5.92 Å². The van der Waals surface area contributed by atoms with Crippen LogP contribution in [-0.2, 0) is 6.18 Å². The van der Waals surface area contributed by atoms with Crippen LogP contribution in [0.3, 0.4) is 0 Å². The molecule has 1 fully saturated rings. The first-order chi connectivity index (χ1) is 8.43. The molecule has 0 amide bonds. The largest absolute Gasteiger partial charge is 0.419 e. The molecule has 0 radical (unpaired) electrons. The van der Waals surface area contributed by atoms with Gasteiger partial charge in [0.15, 0.2) is 0 Å². The van der Waals surface area contributed by atoms with Crippen molar-refractivity contribution in [3.05, 3.63) is 35.1 Å². The van der Waals surface area contributed by atoms with Crippen LogP contribution in [-0.4, -0.2) is 7.05 Å². The molecule has 1 aromatic rings. The van der Waals surface area contributed by atoms with Crippen LogP contribution in [0.1, 0.15) is 36.4 Å². The molecule has 1 nitrogen and oxygen atoms in total. The number of benzene rings is 1. The van der Waals surface area contributed by atoms with Crippen LogP contribution in [0.2, 0.25) is 0 Å². The van der Waals surface area contributed by atoms with Gasteiger partial charge in [-0.15, -0.1) is 0 Å². The molecule has 1 saturated carbocycles. The molecule has 0 spiro atoms. The highest BCUT2D eigenvalue weighted by Crippen LogP contribution is 2.40. The van der Waals surface area contributed by atoms with E-state index >= 15 is 0 Å². The van der Waals surface area contributed by atoms with Gasteiger partial charge in [0.1, 0.15) is 5.82 Å². The Hall–Kier alpha value is -1.10. The maximum absolute atomic E-state index is 13.9. The quantitative estimate of drug-likeness (QED) is 0.810. The van der Waals surface area contributed by atoms with Crippen molar-refractivity contribution in [1.82, 2.24) is 5.32 Å². The predicted octanol–water partition coefficient (Wildman–Crippen LogP) is 3.91. The maximum Gasteiger partial charge on any atom is 0.419 e. The van der Waals surface area contributed by atoms with Gasteiger partial charge in [-0.25, -0.2) is 4.39 Å². The fourth-order valence-corrected chi connectivity index (χ4v) is 2.13. The number of rotatable bonds is 4. The SMILES string of the molecule is CNC(CC1CC1)c1cccc(C(F)(F)F)c1F. The summed E-state index contributed by atoms with van der Waals surface area (Å²) in [5.41, 5.74) is -1.07. The van der Waals surface area contributed by atoms with Crippen molar-refractivity contribution in [1.29, 1.82) is 0 Å². The molecule has 1 aliphatic carbocycles. The van der Waals surface area contributed by atoms with Crippen molar-refractivity contribution >= 4 is 0 Å². The summed E-state index contributed by atoms with van der Waals surface area (Å²) in [6.07, 6.45) is -1.79. The summed E-state index contributed by atoms with van der Waals surface area (Å²) in [4.78, 5) is 0. The van der Waals surface area contributed by atoms with Gasteiger partial charge >= 0.3 is 6.18 Å². The number of halogens is 4. The van der Waals surface area contributed by atoms with E-state index in [1.54, 1.807) is 7.05 Å². The first kappa shape index (κ1) is 13.3. The maximum atomic E-state index is 13.9. The molecular weight excluding hydrogens is 246 g/mol. The zero-order valence-corrected chi connectivity index (χ0v) is 10.0. The molecular formula is C13H15F4N. The van der Waals surface area contributed by atoms with E-state index in [2.05, 4.69) is 5.32 Å². The molecule has 0 bridgehead atoms. The van der Waals surface area contributed by atoms with Crippen LogP contribution < -0.4 is 5.32 Å². The fourth-order valence-electron chi connectivity index (χ4n) is 2.13.